The van der Waals surface area contributed by atoms with Gasteiger partial charge in [-0.05, 0) is 72.8 Å². The van der Waals surface area contributed by atoms with Gasteiger partial charge >= 0.3 is 6.09 Å². The van der Waals surface area contributed by atoms with Gasteiger partial charge in [0.05, 0.1) is 24.1 Å². The molecule has 2 aromatic heterocycles. The highest BCUT2D eigenvalue weighted by atomic mass is 16.8. The monoisotopic (exact) mass is 643 g/mol. The fourth-order valence-electron chi connectivity index (χ4n) is 8.21. The number of benzene rings is 1. The maximum atomic E-state index is 14.6. The van der Waals surface area contributed by atoms with E-state index in [4.69, 9.17) is 14.2 Å². The summed E-state index contributed by atoms with van der Waals surface area (Å²) in [5.74, 6) is -1.12. The molecule has 0 radical (unpaired) electrons. The van der Waals surface area contributed by atoms with Crippen molar-refractivity contribution in [3.8, 4) is 0 Å². The van der Waals surface area contributed by atoms with Crippen LogP contribution in [0.4, 0.5) is 4.79 Å². The molecule has 2 amide bonds. The second-order valence-corrected chi connectivity index (χ2v) is 15.0. The van der Waals surface area contributed by atoms with Gasteiger partial charge in [-0.25, -0.2) is 14.8 Å². The van der Waals surface area contributed by atoms with Gasteiger partial charge < -0.3 is 28.6 Å². The Morgan fingerprint density at radius 2 is 1.68 bits per heavy atom. The largest absolute Gasteiger partial charge is 0.444 e. The molecule has 0 bridgehead atoms. The first-order valence-electron chi connectivity index (χ1n) is 16.9. The fraction of sp³-hybridized carbons (Fsp3) is 0.583. The van der Waals surface area contributed by atoms with Crippen LogP contribution in [-0.2, 0) is 25.4 Å². The molecule has 0 N–H and O–H groups in total. The molecule has 11 heteroatoms. The zero-order valence-electron chi connectivity index (χ0n) is 28.0. The number of carbonyl (C=O) groups is 3. The summed E-state index contributed by atoms with van der Waals surface area (Å²) in [5, 5.41) is 0.816. The maximum absolute atomic E-state index is 14.6. The maximum Gasteiger partial charge on any atom is 0.410 e. The predicted molar refractivity (Wildman–Crippen MR) is 174 cm³/mol. The van der Waals surface area contributed by atoms with Gasteiger partial charge in [0.2, 0.25) is 5.91 Å². The van der Waals surface area contributed by atoms with Crippen LogP contribution in [0.5, 0.6) is 0 Å². The lowest BCUT2D eigenvalue weighted by Crippen LogP contribution is -2.57. The summed E-state index contributed by atoms with van der Waals surface area (Å²) >= 11 is 0. The van der Waals surface area contributed by atoms with Crippen LogP contribution in [0.25, 0.3) is 11.0 Å². The molecule has 3 aromatic rings. The number of piperidine rings is 1. The molecule has 4 fully saturated rings. The molecule has 3 saturated heterocycles. The molecule has 250 valence electrons. The van der Waals surface area contributed by atoms with Gasteiger partial charge in [0.15, 0.2) is 11.6 Å². The Hall–Kier alpha value is -3.83. The van der Waals surface area contributed by atoms with Crippen molar-refractivity contribution in [2.75, 3.05) is 19.6 Å². The van der Waals surface area contributed by atoms with E-state index in [9.17, 15) is 14.4 Å². The lowest BCUT2D eigenvalue weighted by molar-refractivity contribution is -0.167. The summed E-state index contributed by atoms with van der Waals surface area (Å²) < 4.78 is 20.7. The summed E-state index contributed by atoms with van der Waals surface area (Å²) in [6.45, 7) is 11.3. The zero-order chi connectivity index (χ0) is 33.1. The van der Waals surface area contributed by atoms with Crippen LogP contribution in [-0.4, -0.2) is 90.9 Å². The van der Waals surface area contributed by atoms with Crippen LogP contribution in [0.3, 0.4) is 0 Å². The van der Waals surface area contributed by atoms with Crippen LogP contribution in [0.2, 0.25) is 0 Å². The highest BCUT2D eigenvalue weighted by Gasteiger charge is 2.59. The van der Waals surface area contributed by atoms with Gasteiger partial charge in [0.25, 0.3) is 0 Å². The summed E-state index contributed by atoms with van der Waals surface area (Å²) in [5.41, 5.74) is 1.21. The van der Waals surface area contributed by atoms with Gasteiger partial charge in [-0.3, -0.25) is 9.59 Å². The third-order valence-corrected chi connectivity index (χ3v) is 10.3. The number of ketones is 1. The Bertz CT molecular complexity index is 1670. The Morgan fingerprint density at radius 3 is 2.40 bits per heavy atom. The number of rotatable bonds is 5. The number of ether oxygens (including phenoxy) is 3. The summed E-state index contributed by atoms with van der Waals surface area (Å²) in [7, 11) is 0. The van der Waals surface area contributed by atoms with E-state index in [0.29, 0.717) is 43.0 Å². The second kappa shape index (κ2) is 11.7. The van der Waals surface area contributed by atoms with Gasteiger partial charge in [-0.2, -0.15) is 0 Å². The second-order valence-electron chi connectivity index (χ2n) is 15.0. The molecule has 1 aliphatic carbocycles. The smallest absolute Gasteiger partial charge is 0.410 e. The number of amides is 2. The molecule has 47 heavy (non-hydrogen) atoms. The summed E-state index contributed by atoms with van der Waals surface area (Å²) in [6.07, 6.45) is 6.49. The van der Waals surface area contributed by atoms with Crippen molar-refractivity contribution in [3.05, 3.63) is 60.2 Å². The Morgan fingerprint density at radius 1 is 0.957 bits per heavy atom. The highest BCUT2D eigenvalue weighted by molar-refractivity contribution is 5.99. The third-order valence-electron chi connectivity index (χ3n) is 10.3. The van der Waals surface area contributed by atoms with E-state index in [2.05, 4.69) is 19.4 Å². The van der Waals surface area contributed by atoms with Crippen molar-refractivity contribution in [2.24, 2.45) is 5.92 Å². The minimum Gasteiger partial charge on any atom is -0.444 e. The molecule has 4 aliphatic rings. The highest BCUT2D eigenvalue weighted by Crippen LogP contribution is 2.50. The quantitative estimate of drug-likeness (QED) is 0.343. The number of carbonyl (C=O) groups excluding carboxylic acids is 3. The lowest BCUT2D eigenvalue weighted by Gasteiger charge is -2.46. The number of hydrogen-bond donors (Lipinski definition) is 0. The zero-order valence-corrected chi connectivity index (χ0v) is 28.0. The van der Waals surface area contributed by atoms with E-state index in [-0.39, 0.29) is 47.8 Å². The molecule has 7 rings (SSSR count). The SMILES string of the molecule is CC(C)(C)OC(=O)N1CCC2(CCCN2C(=O)[C@H]2C[C@@H](n3ccc4c(CC(=O)c5ccccc5)ncnc43)[C@@H]3OC(C)(C)O[C@@H]32)CC1. The molecule has 1 saturated carbocycles. The average molecular weight is 644 g/mol. The minimum absolute atomic E-state index is 0.00399. The van der Waals surface area contributed by atoms with Crippen molar-refractivity contribution in [3.63, 3.8) is 0 Å². The number of aromatic nitrogens is 3. The molecule has 1 spiro atoms. The van der Waals surface area contributed by atoms with Crippen LogP contribution in [0, 0.1) is 5.92 Å². The standard InChI is InChI=1S/C36H45N5O6/c1-34(2,3)47-33(44)39-18-14-36(15-19-39)13-9-16-41(36)32(43)25-20-27(30-29(25)45-35(4,5)46-30)40-17-12-24-26(37-22-38-31(24)40)21-28(42)23-10-7-6-8-11-23/h6-8,10-12,17,22,25,27,29-30H,9,13-16,18-21H2,1-5H3/t25-,27+,29+,30-/m0/s1. The van der Waals surface area contributed by atoms with Crippen molar-refractivity contribution in [1.29, 1.82) is 0 Å². The number of nitrogens with zero attached hydrogens (tertiary/aromatic N) is 5. The van der Waals surface area contributed by atoms with E-state index in [1.807, 2.05) is 77.2 Å². The molecule has 0 unspecified atom stereocenters. The first-order chi connectivity index (χ1) is 22.3. The van der Waals surface area contributed by atoms with E-state index in [0.717, 1.165) is 31.1 Å². The fourth-order valence-corrected chi connectivity index (χ4v) is 8.21. The first kappa shape index (κ1) is 31.8. The molecule has 11 nitrogen and oxygen atoms in total. The van der Waals surface area contributed by atoms with Crippen LogP contribution in [0.1, 0.15) is 88.8 Å². The lowest BCUT2D eigenvalue weighted by atomic mass is 9.84. The topological polar surface area (TPSA) is 116 Å². The van der Waals surface area contributed by atoms with Gasteiger partial charge in [-0.1, -0.05) is 30.3 Å². The molecule has 4 atom stereocenters. The number of hydrogen-bond acceptors (Lipinski definition) is 8. The first-order valence-corrected chi connectivity index (χ1v) is 16.9. The predicted octanol–water partition coefficient (Wildman–Crippen LogP) is 5.33. The van der Waals surface area contributed by atoms with Crippen molar-refractivity contribution in [1.82, 2.24) is 24.3 Å². The number of likely N-dealkylation sites (tertiary alicyclic amines) is 2. The van der Waals surface area contributed by atoms with E-state index >= 15 is 0 Å². The normalized spacial score (nSPS) is 26.6. The molecule has 3 aliphatic heterocycles. The van der Waals surface area contributed by atoms with Gasteiger partial charge in [0, 0.05) is 42.3 Å². The van der Waals surface area contributed by atoms with E-state index < -0.39 is 17.5 Å². The van der Waals surface area contributed by atoms with Gasteiger partial charge in [0.1, 0.15) is 29.8 Å². The number of fused-ring (bicyclic) bond motifs is 2. The average Bonchev–Trinajstić information content (AvgIpc) is 3.79. The van der Waals surface area contributed by atoms with Crippen LogP contribution in [0.15, 0.2) is 48.9 Å². The minimum atomic E-state index is -0.834. The summed E-state index contributed by atoms with van der Waals surface area (Å²) in [6, 6.07) is 11.0. The van der Waals surface area contributed by atoms with Gasteiger partial charge in [-0.15, -0.1) is 0 Å². The van der Waals surface area contributed by atoms with Crippen molar-refractivity contribution >= 4 is 28.8 Å². The van der Waals surface area contributed by atoms with E-state index in [1.165, 1.54) is 6.33 Å². The number of Topliss-reactive ketones (excluding diaryl/α,β-unsaturated/α-hetero) is 1. The Labute approximate surface area is 275 Å². The molecular formula is C36H45N5O6. The van der Waals surface area contributed by atoms with Crippen LogP contribution >= 0.6 is 0 Å². The van der Waals surface area contributed by atoms with Crippen molar-refractivity contribution < 1.29 is 28.6 Å². The summed E-state index contributed by atoms with van der Waals surface area (Å²) in [4.78, 5) is 53.4. The Kier molecular flexibility index (Phi) is 7.90. The molecular weight excluding hydrogens is 598 g/mol. The molecule has 1 aromatic carbocycles. The third kappa shape index (κ3) is 5.92. The Balaban J connectivity index is 1.12. The van der Waals surface area contributed by atoms with Crippen molar-refractivity contribution in [2.45, 2.75) is 108 Å². The van der Waals surface area contributed by atoms with Crippen LogP contribution < -0.4 is 0 Å². The van der Waals surface area contributed by atoms with E-state index in [1.54, 1.807) is 4.90 Å². The molecule has 5 heterocycles.